The lowest BCUT2D eigenvalue weighted by Crippen LogP contribution is -2.05. The Kier molecular flexibility index (Phi) is 5.73. The number of unbranched alkanes of at least 4 members (excludes halogenated alkanes) is 1. The molecule has 3 rings (SSSR count). The van der Waals surface area contributed by atoms with Crippen LogP contribution in [0.25, 0.3) is 10.8 Å². The highest BCUT2D eigenvalue weighted by Crippen LogP contribution is 2.30. The van der Waals surface area contributed by atoms with Crippen LogP contribution in [0.15, 0.2) is 36.4 Å². The summed E-state index contributed by atoms with van der Waals surface area (Å²) in [5, 5.41) is 15.3. The van der Waals surface area contributed by atoms with Gasteiger partial charge in [-0.05, 0) is 30.2 Å². The first kappa shape index (κ1) is 18.2. The number of nitrogens with one attached hydrogen (secondary N) is 1. The largest absolute Gasteiger partial charge is 0.493 e. The van der Waals surface area contributed by atoms with Crippen LogP contribution in [0.1, 0.15) is 40.7 Å². The highest BCUT2D eigenvalue weighted by Gasteiger charge is 2.15. The summed E-state index contributed by atoms with van der Waals surface area (Å²) < 4.78 is 5.99. The molecule has 5 nitrogen and oxygen atoms in total. The summed E-state index contributed by atoms with van der Waals surface area (Å²) in [6.07, 6.45) is 2.09. The number of nitrogens with zero attached hydrogens (tertiary/aromatic N) is 1. The van der Waals surface area contributed by atoms with Gasteiger partial charge in [-0.15, -0.1) is 0 Å². The third-order valence-corrected chi connectivity index (χ3v) is 5.26. The number of aromatic carboxylic acids is 1. The molecule has 3 aromatic rings. The lowest BCUT2D eigenvalue weighted by molar-refractivity contribution is 0.0701. The Morgan fingerprint density at radius 1 is 1.27 bits per heavy atom. The van der Waals surface area contributed by atoms with Gasteiger partial charge in [0.1, 0.15) is 10.6 Å². The van der Waals surface area contributed by atoms with Gasteiger partial charge in [0.2, 0.25) is 0 Å². The van der Waals surface area contributed by atoms with Crippen molar-refractivity contribution in [3.8, 4) is 5.75 Å². The van der Waals surface area contributed by atoms with Crippen molar-refractivity contribution in [3.63, 3.8) is 0 Å². The Hall–Kier alpha value is -2.60. The number of anilines is 1. The predicted octanol–water partition coefficient (Wildman–Crippen LogP) is 5.09. The number of thiazole rings is 1. The van der Waals surface area contributed by atoms with Crippen LogP contribution in [0.4, 0.5) is 5.13 Å². The smallest absolute Gasteiger partial charge is 0.347 e. The number of aryl methyl sites for hydroxylation is 1. The number of ether oxygens (including phenoxy) is 1. The zero-order valence-corrected chi connectivity index (χ0v) is 15.7. The second-order valence-electron chi connectivity index (χ2n) is 6.06. The van der Waals surface area contributed by atoms with Crippen LogP contribution in [0.2, 0.25) is 0 Å². The summed E-state index contributed by atoms with van der Waals surface area (Å²) >= 11 is 1.16. The van der Waals surface area contributed by atoms with Crippen LogP contribution < -0.4 is 10.1 Å². The van der Waals surface area contributed by atoms with Crippen LogP contribution in [-0.2, 0) is 6.54 Å². The second kappa shape index (κ2) is 8.19. The zero-order chi connectivity index (χ0) is 18.5. The number of carboxylic acid groups (broad SMARTS) is 1. The number of hydrogen-bond acceptors (Lipinski definition) is 5. The number of benzene rings is 2. The van der Waals surface area contributed by atoms with Crippen molar-refractivity contribution < 1.29 is 14.6 Å². The quantitative estimate of drug-likeness (QED) is 0.540. The van der Waals surface area contributed by atoms with E-state index in [-0.39, 0.29) is 4.88 Å². The van der Waals surface area contributed by atoms with Gasteiger partial charge in [-0.3, -0.25) is 0 Å². The number of carbonyl (C=O) groups is 1. The summed E-state index contributed by atoms with van der Waals surface area (Å²) in [5.41, 5.74) is 1.59. The van der Waals surface area contributed by atoms with Gasteiger partial charge >= 0.3 is 5.97 Å². The number of rotatable bonds is 8. The van der Waals surface area contributed by atoms with Crippen molar-refractivity contribution in [1.29, 1.82) is 0 Å². The van der Waals surface area contributed by atoms with E-state index in [1.165, 1.54) is 0 Å². The Morgan fingerprint density at radius 2 is 2.08 bits per heavy atom. The van der Waals surface area contributed by atoms with Crippen LogP contribution in [0, 0.1) is 6.92 Å². The minimum atomic E-state index is -0.943. The van der Waals surface area contributed by atoms with Gasteiger partial charge in [-0.25, -0.2) is 9.78 Å². The summed E-state index contributed by atoms with van der Waals surface area (Å²) in [5.74, 6) is -0.0850. The number of carboxylic acids is 1. The number of hydrogen-bond donors (Lipinski definition) is 2. The van der Waals surface area contributed by atoms with E-state index in [4.69, 9.17) is 4.74 Å². The molecule has 0 aliphatic heterocycles. The van der Waals surface area contributed by atoms with Gasteiger partial charge in [0, 0.05) is 12.1 Å². The van der Waals surface area contributed by atoms with Crippen LogP contribution in [0.5, 0.6) is 5.75 Å². The minimum absolute atomic E-state index is 0.268. The van der Waals surface area contributed by atoms with Crippen LogP contribution in [-0.4, -0.2) is 22.7 Å². The molecule has 136 valence electrons. The molecule has 0 aliphatic rings. The maximum absolute atomic E-state index is 11.2. The fourth-order valence-corrected chi connectivity index (χ4v) is 3.60. The fourth-order valence-electron chi connectivity index (χ4n) is 2.79. The van der Waals surface area contributed by atoms with Gasteiger partial charge in [0.25, 0.3) is 0 Å². The molecule has 0 amide bonds. The zero-order valence-electron chi connectivity index (χ0n) is 14.9. The number of aromatic nitrogens is 1. The van der Waals surface area contributed by atoms with E-state index in [9.17, 15) is 9.90 Å². The molecule has 0 spiro atoms. The van der Waals surface area contributed by atoms with E-state index >= 15 is 0 Å². The molecule has 2 aromatic carbocycles. The van der Waals surface area contributed by atoms with E-state index in [1.807, 2.05) is 18.2 Å². The third kappa shape index (κ3) is 3.96. The fraction of sp³-hybridized carbons (Fsp3) is 0.300. The van der Waals surface area contributed by atoms with E-state index in [1.54, 1.807) is 6.92 Å². The van der Waals surface area contributed by atoms with Crippen molar-refractivity contribution in [2.45, 2.75) is 33.2 Å². The maximum atomic E-state index is 11.2. The first-order valence-corrected chi connectivity index (χ1v) is 9.49. The van der Waals surface area contributed by atoms with Crippen molar-refractivity contribution in [3.05, 3.63) is 52.5 Å². The number of fused-ring (bicyclic) bond motifs is 1. The van der Waals surface area contributed by atoms with E-state index in [0.717, 1.165) is 46.3 Å². The van der Waals surface area contributed by atoms with Crippen molar-refractivity contribution in [1.82, 2.24) is 4.98 Å². The van der Waals surface area contributed by atoms with Gasteiger partial charge in [-0.1, -0.05) is 55.0 Å². The third-order valence-electron chi connectivity index (χ3n) is 4.16. The maximum Gasteiger partial charge on any atom is 0.347 e. The molecule has 0 aliphatic carbocycles. The Labute approximate surface area is 156 Å². The SMILES string of the molecule is CCCCOc1ccc2ccccc2c1CNc1nc(C)c(C(=O)O)s1. The van der Waals surface area contributed by atoms with Crippen molar-refractivity contribution in [2.24, 2.45) is 0 Å². The standard InChI is InChI=1S/C20H22N2O3S/c1-3-4-11-25-17-10-9-14-7-5-6-8-15(14)16(17)12-21-20-22-13(2)18(26-20)19(23)24/h5-10H,3-4,11-12H2,1-2H3,(H,21,22)(H,23,24). The minimum Gasteiger partial charge on any atom is -0.493 e. The van der Waals surface area contributed by atoms with E-state index < -0.39 is 5.97 Å². The van der Waals surface area contributed by atoms with Gasteiger partial charge in [0.15, 0.2) is 5.13 Å². The average Bonchev–Trinajstić information content (AvgIpc) is 3.01. The van der Waals surface area contributed by atoms with Crippen LogP contribution >= 0.6 is 11.3 Å². The molecule has 0 unspecified atom stereocenters. The van der Waals surface area contributed by atoms with Crippen molar-refractivity contribution in [2.75, 3.05) is 11.9 Å². The molecule has 2 N–H and O–H groups in total. The molecule has 0 bridgehead atoms. The first-order chi connectivity index (χ1) is 12.6. The summed E-state index contributed by atoms with van der Waals surface area (Å²) in [6.45, 7) is 5.05. The lowest BCUT2D eigenvalue weighted by Gasteiger charge is -2.14. The molecule has 0 saturated carbocycles. The molecule has 0 atom stereocenters. The summed E-state index contributed by atoms with van der Waals surface area (Å²) in [4.78, 5) is 15.8. The lowest BCUT2D eigenvalue weighted by atomic mass is 10.0. The molecule has 0 fully saturated rings. The van der Waals surface area contributed by atoms with E-state index in [0.29, 0.717) is 24.0 Å². The molecular weight excluding hydrogens is 348 g/mol. The molecule has 1 heterocycles. The van der Waals surface area contributed by atoms with Gasteiger partial charge < -0.3 is 15.2 Å². The normalized spacial score (nSPS) is 10.8. The average molecular weight is 370 g/mol. The monoisotopic (exact) mass is 370 g/mol. The molecule has 6 heteroatoms. The molecular formula is C20H22N2O3S. The van der Waals surface area contributed by atoms with Gasteiger partial charge in [-0.2, -0.15) is 0 Å². The summed E-state index contributed by atoms with van der Waals surface area (Å²) in [6, 6.07) is 12.2. The molecule has 0 saturated heterocycles. The Bertz CT molecular complexity index is 921. The van der Waals surface area contributed by atoms with Crippen LogP contribution in [0.3, 0.4) is 0 Å². The Balaban J connectivity index is 1.88. The predicted molar refractivity (Wildman–Crippen MR) is 105 cm³/mol. The summed E-state index contributed by atoms with van der Waals surface area (Å²) in [7, 11) is 0. The Morgan fingerprint density at radius 3 is 2.81 bits per heavy atom. The highest BCUT2D eigenvalue weighted by molar-refractivity contribution is 7.17. The molecule has 26 heavy (non-hydrogen) atoms. The highest BCUT2D eigenvalue weighted by atomic mass is 32.1. The molecule has 0 radical (unpaired) electrons. The molecule has 1 aromatic heterocycles. The topological polar surface area (TPSA) is 71.5 Å². The van der Waals surface area contributed by atoms with E-state index in [2.05, 4.69) is 35.4 Å². The van der Waals surface area contributed by atoms with Gasteiger partial charge in [0.05, 0.1) is 12.3 Å². The van der Waals surface area contributed by atoms with Crippen molar-refractivity contribution >= 4 is 33.2 Å². The first-order valence-electron chi connectivity index (χ1n) is 8.68. The second-order valence-corrected chi connectivity index (χ2v) is 7.06.